The SMILES string of the molecule is O=C(NC1CCN(CCCN2C(=O)CCCC2=O)CC1)c1ccccc1. The molecule has 0 spiro atoms. The van der Waals surface area contributed by atoms with Crippen molar-refractivity contribution in [3.63, 3.8) is 0 Å². The largest absolute Gasteiger partial charge is 0.349 e. The maximum absolute atomic E-state index is 12.2. The van der Waals surface area contributed by atoms with Gasteiger partial charge in [0, 0.05) is 44.1 Å². The van der Waals surface area contributed by atoms with Crippen molar-refractivity contribution in [3.05, 3.63) is 35.9 Å². The van der Waals surface area contributed by atoms with Gasteiger partial charge in [-0.25, -0.2) is 0 Å². The first-order valence-corrected chi connectivity index (χ1v) is 9.55. The van der Waals surface area contributed by atoms with E-state index in [4.69, 9.17) is 0 Å². The number of nitrogens with one attached hydrogen (secondary N) is 1. The molecule has 1 aromatic rings. The van der Waals surface area contributed by atoms with Crippen molar-refractivity contribution in [2.45, 2.75) is 44.6 Å². The van der Waals surface area contributed by atoms with E-state index in [0.717, 1.165) is 38.9 Å². The Morgan fingerprint density at radius 3 is 2.31 bits per heavy atom. The second kappa shape index (κ2) is 8.94. The van der Waals surface area contributed by atoms with Crippen molar-refractivity contribution in [2.75, 3.05) is 26.2 Å². The average Bonchev–Trinajstić information content (AvgIpc) is 2.66. The van der Waals surface area contributed by atoms with Gasteiger partial charge in [-0.15, -0.1) is 0 Å². The van der Waals surface area contributed by atoms with Crippen LogP contribution >= 0.6 is 0 Å². The molecular formula is C20H27N3O3. The Labute approximate surface area is 154 Å². The fraction of sp³-hybridized carbons (Fsp3) is 0.550. The number of rotatable bonds is 6. The molecule has 26 heavy (non-hydrogen) atoms. The Morgan fingerprint density at radius 2 is 1.65 bits per heavy atom. The van der Waals surface area contributed by atoms with Crippen LogP contribution in [0, 0.1) is 0 Å². The number of hydrogen-bond acceptors (Lipinski definition) is 4. The van der Waals surface area contributed by atoms with Crippen molar-refractivity contribution in [1.82, 2.24) is 15.1 Å². The Morgan fingerprint density at radius 1 is 1.00 bits per heavy atom. The van der Waals surface area contributed by atoms with Crippen LogP contribution in [0.5, 0.6) is 0 Å². The molecule has 0 radical (unpaired) electrons. The molecule has 2 saturated heterocycles. The number of imide groups is 1. The summed E-state index contributed by atoms with van der Waals surface area (Å²) in [5, 5.41) is 3.11. The third-order valence-corrected chi connectivity index (χ3v) is 5.20. The van der Waals surface area contributed by atoms with Gasteiger partial charge in [-0.2, -0.15) is 0 Å². The van der Waals surface area contributed by atoms with E-state index in [1.165, 1.54) is 4.90 Å². The highest BCUT2D eigenvalue weighted by atomic mass is 16.2. The highest BCUT2D eigenvalue weighted by molar-refractivity contribution is 5.97. The van der Waals surface area contributed by atoms with E-state index >= 15 is 0 Å². The van der Waals surface area contributed by atoms with Crippen molar-refractivity contribution < 1.29 is 14.4 Å². The molecule has 2 aliphatic rings. The molecule has 6 heteroatoms. The van der Waals surface area contributed by atoms with Crippen LogP contribution in [0.4, 0.5) is 0 Å². The number of nitrogens with zero attached hydrogens (tertiary/aromatic N) is 2. The van der Waals surface area contributed by atoms with E-state index in [-0.39, 0.29) is 23.8 Å². The quantitative estimate of drug-likeness (QED) is 0.789. The van der Waals surface area contributed by atoms with Gasteiger partial charge in [0.25, 0.3) is 5.91 Å². The van der Waals surface area contributed by atoms with E-state index in [1.807, 2.05) is 30.3 Å². The lowest BCUT2D eigenvalue weighted by Crippen LogP contribution is -2.46. The lowest BCUT2D eigenvalue weighted by Gasteiger charge is -2.33. The predicted octanol–water partition coefficient (Wildman–Crippen LogP) is 1.81. The van der Waals surface area contributed by atoms with Crippen LogP contribution in [0.15, 0.2) is 30.3 Å². The van der Waals surface area contributed by atoms with E-state index in [1.54, 1.807) is 0 Å². The first kappa shape index (κ1) is 18.6. The molecule has 1 N–H and O–H groups in total. The van der Waals surface area contributed by atoms with E-state index in [9.17, 15) is 14.4 Å². The molecular weight excluding hydrogens is 330 g/mol. The lowest BCUT2D eigenvalue weighted by atomic mass is 10.0. The summed E-state index contributed by atoms with van der Waals surface area (Å²) in [4.78, 5) is 39.6. The Hall–Kier alpha value is -2.21. The van der Waals surface area contributed by atoms with Crippen LogP contribution < -0.4 is 5.32 Å². The minimum absolute atomic E-state index is 0.00817. The molecule has 3 rings (SSSR count). The summed E-state index contributed by atoms with van der Waals surface area (Å²) < 4.78 is 0. The van der Waals surface area contributed by atoms with Gasteiger partial charge >= 0.3 is 0 Å². The third-order valence-electron chi connectivity index (χ3n) is 5.20. The van der Waals surface area contributed by atoms with Crippen molar-refractivity contribution in [3.8, 4) is 0 Å². The molecule has 0 aliphatic carbocycles. The van der Waals surface area contributed by atoms with Gasteiger partial charge in [0.15, 0.2) is 0 Å². The normalized spacial score (nSPS) is 19.6. The van der Waals surface area contributed by atoms with Crippen molar-refractivity contribution >= 4 is 17.7 Å². The number of hydrogen-bond donors (Lipinski definition) is 1. The summed E-state index contributed by atoms with van der Waals surface area (Å²) in [5.74, 6) is -0.0571. The Bertz CT molecular complexity index is 623. The van der Waals surface area contributed by atoms with Crippen LogP contribution in [0.1, 0.15) is 48.9 Å². The molecule has 2 aliphatic heterocycles. The monoisotopic (exact) mass is 357 g/mol. The van der Waals surface area contributed by atoms with Crippen LogP contribution in [0.25, 0.3) is 0 Å². The number of piperidine rings is 2. The fourth-order valence-electron chi connectivity index (χ4n) is 3.66. The third kappa shape index (κ3) is 4.91. The first-order valence-electron chi connectivity index (χ1n) is 9.55. The molecule has 6 nitrogen and oxygen atoms in total. The van der Waals surface area contributed by atoms with Crippen LogP contribution in [0.3, 0.4) is 0 Å². The maximum Gasteiger partial charge on any atom is 0.251 e. The van der Waals surface area contributed by atoms with E-state index in [2.05, 4.69) is 10.2 Å². The summed E-state index contributed by atoms with van der Waals surface area (Å²) in [6, 6.07) is 9.51. The van der Waals surface area contributed by atoms with Gasteiger partial charge < -0.3 is 10.2 Å². The summed E-state index contributed by atoms with van der Waals surface area (Å²) in [6.45, 7) is 3.28. The van der Waals surface area contributed by atoms with Gasteiger partial charge in [0.2, 0.25) is 11.8 Å². The van der Waals surface area contributed by atoms with Gasteiger partial charge in [0.05, 0.1) is 0 Å². The van der Waals surface area contributed by atoms with Crippen LogP contribution in [0.2, 0.25) is 0 Å². The molecule has 0 aromatic heterocycles. The van der Waals surface area contributed by atoms with Crippen LogP contribution in [-0.4, -0.2) is 59.7 Å². The maximum atomic E-state index is 12.2. The zero-order valence-electron chi connectivity index (χ0n) is 15.2. The van der Waals surface area contributed by atoms with Crippen LogP contribution in [-0.2, 0) is 9.59 Å². The zero-order chi connectivity index (χ0) is 18.4. The minimum atomic E-state index is -0.0245. The summed E-state index contributed by atoms with van der Waals surface area (Å²) in [6.07, 6.45) is 4.37. The Balaban J connectivity index is 1.35. The highest BCUT2D eigenvalue weighted by Gasteiger charge is 2.26. The smallest absolute Gasteiger partial charge is 0.251 e. The molecule has 0 atom stereocenters. The van der Waals surface area contributed by atoms with Gasteiger partial charge in [-0.3, -0.25) is 19.3 Å². The molecule has 2 fully saturated rings. The highest BCUT2D eigenvalue weighted by Crippen LogP contribution is 2.14. The standard InChI is InChI=1S/C20H27N3O3/c24-18-8-4-9-19(25)23(18)13-5-12-22-14-10-17(11-15-22)21-20(26)16-6-2-1-3-7-16/h1-3,6-7,17H,4-5,8-15H2,(H,21,26). The molecule has 0 bridgehead atoms. The second-order valence-corrected chi connectivity index (χ2v) is 7.10. The second-order valence-electron chi connectivity index (χ2n) is 7.10. The van der Waals surface area contributed by atoms with Gasteiger partial charge in [-0.05, 0) is 44.4 Å². The first-order chi connectivity index (χ1) is 12.6. The number of likely N-dealkylation sites (tertiary alicyclic amines) is 2. The summed E-state index contributed by atoms with van der Waals surface area (Å²) in [7, 11) is 0. The molecule has 0 unspecified atom stereocenters. The fourth-order valence-corrected chi connectivity index (χ4v) is 3.66. The van der Waals surface area contributed by atoms with E-state index in [0.29, 0.717) is 31.4 Å². The van der Waals surface area contributed by atoms with E-state index < -0.39 is 0 Å². The molecule has 3 amide bonds. The topological polar surface area (TPSA) is 69.7 Å². The zero-order valence-corrected chi connectivity index (χ0v) is 15.2. The molecule has 140 valence electrons. The number of carbonyl (C=O) groups excluding carboxylic acids is 3. The number of benzene rings is 1. The molecule has 2 heterocycles. The summed E-state index contributed by atoms with van der Waals surface area (Å²) >= 11 is 0. The van der Waals surface area contributed by atoms with Gasteiger partial charge in [-0.1, -0.05) is 18.2 Å². The average molecular weight is 357 g/mol. The number of carbonyl (C=O) groups is 3. The summed E-state index contributed by atoms with van der Waals surface area (Å²) in [5.41, 5.74) is 0.700. The molecule has 1 aromatic carbocycles. The predicted molar refractivity (Wildman–Crippen MR) is 98.6 cm³/mol. The lowest BCUT2D eigenvalue weighted by molar-refractivity contribution is -0.148. The Kier molecular flexibility index (Phi) is 6.39. The minimum Gasteiger partial charge on any atom is -0.349 e. The van der Waals surface area contributed by atoms with Crippen molar-refractivity contribution in [1.29, 1.82) is 0 Å². The molecule has 0 saturated carbocycles. The number of amides is 3. The van der Waals surface area contributed by atoms with Crippen molar-refractivity contribution in [2.24, 2.45) is 0 Å². The van der Waals surface area contributed by atoms with Gasteiger partial charge in [0.1, 0.15) is 0 Å².